The Morgan fingerprint density at radius 2 is 2.24 bits per heavy atom. The van der Waals surface area contributed by atoms with Gasteiger partial charge in [-0.3, -0.25) is 10.1 Å². The predicted molar refractivity (Wildman–Crippen MR) is 59.8 cm³/mol. The summed E-state index contributed by atoms with van der Waals surface area (Å²) in [6.45, 7) is 3.26. The Balaban J connectivity index is 2.70. The van der Waals surface area contributed by atoms with Gasteiger partial charge < -0.3 is 9.47 Å². The van der Waals surface area contributed by atoms with Crippen molar-refractivity contribution < 1.29 is 14.4 Å². The third-order valence-corrected chi connectivity index (χ3v) is 1.99. The summed E-state index contributed by atoms with van der Waals surface area (Å²) in [5.74, 6) is 0.423. The van der Waals surface area contributed by atoms with Gasteiger partial charge in [0.2, 0.25) is 0 Å². The molecular formula is C11H12N2O4. The molecule has 0 unspecified atom stereocenters. The second-order valence-corrected chi connectivity index (χ2v) is 3.09. The Kier molecular flexibility index (Phi) is 4.91. The van der Waals surface area contributed by atoms with Gasteiger partial charge in [-0.15, -0.1) is 0 Å². The van der Waals surface area contributed by atoms with Crippen LogP contribution in [0.25, 0.3) is 0 Å². The molecule has 17 heavy (non-hydrogen) atoms. The first-order valence-electron chi connectivity index (χ1n) is 5.08. The molecule has 0 fully saturated rings. The lowest BCUT2D eigenvalue weighted by molar-refractivity contribution is -0.385. The molecule has 1 aromatic carbocycles. The number of nitro benzene ring substituents is 1. The van der Waals surface area contributed by atoms with Crippen LogP contribution in [0.15, 0.2) is 18.2 Å². The first-order valence-corrected chi connectivity index (χ1v) is 5.08. The van der Waals surface area contributed by atoms with E-state index in [0.717, 1.165) is 0 Å². The fourth-order valence-electron chi connectivity index (χ4n) is 1.22. The third kappa shape index (κ3) is 3.74. The van der Waals surface area contributed by atoms with Crippen molar-refractivity contribution in [2.75, 3.05) is 19.8 Å². The van der Waals surface area contributed by atoms with Crippen molar-refractivity contribution in [3.8, 4) is 11.8 Å². The molecule has 0 saturated carbocycles. The largest absolute Gasteiger partial charge is 0.491 e. The lowest BCUT2D eigenvalue weighted by Crippen LogP contribution is -2.06. The highest BCUT2D eigenvalue weighted by Crippen LogP contribution is 2.23. The monoisotopic (exact) mass is 236 g/mol. The van der Waals surface area contributed by atoms with Crippen molar-refractivity contribution in [3.05, 3.63) is 33.9 Å². The second-order valence-electron chi connectivity index (χ2n) is 3.09. The van der Waals surface area contributed by atoms with Crippen molar-refractivity contribution in [3.63, 3.8) is 0 Å². The molecule has 0 radical (unpaired) electrons. The Bertz CT molecular complexity index is 440. The van der Waals surface area contributed by atoms with Crippen LogP contribution in [0.3, 0.4) is 0 Å². The minimum absolute atomic E-state index is 0.0103. The van der Waals surface area contributed by atoms with Gasteiger partial charge in [-0.2, -0.15) is 5.26 Å². The highest BCUT2D eigenvalue weighted by molar-refractivity contribution is 5.52. The minimum Gasteiger partial charge on any atom is -0.491 e. The number of benzene rings is 1. The molecule has 1 rings (SSSR count). The van der Waals surface area contributed by atoms with Gasteiger partial charge in [0.1, 0.15) is 24.0 Å². The van der Waals surface area contributed by atoms with Gasteiger partial charge in [0.25, 0.3) is 5.69 Å². The van der Waals surface area contributed by atoms with E-state index in [1.54, 1.807) is 6.07 Å². The van der Waals surface area contributed by atoms with Crippen LogP contribution in [0.4, 0.5) is 5.69 Å². The molecule has 0 aliphatic carbocycles. The summed E-state index contributed by atoms with van der Waals surface area (Å²) >= 11 is 0. The van der Waals surface area contributed by atoms with E-state index in [9.17, 15) is 10.1 Å². The highest BCUT2D eigenvalue weighted by Gasteiger charge is 2.13. The van der Waals surface area contributed by atoms with Crippen LogP contribution in [0, 0.1) is 21.4 Å². The van der Waals surface area contributed by atoms with Gasteiger partial charge in [0.05, 0.1) is 11.5 Å². The Morgan fingerprint density at radius 1 is 1.47 bits per heavy atom. The molecule has 1 aromatic rings. The summed E-state index contributed by atoms with van der Waals surface area (Å²) in [6, 6.07) is 5.84. The Labute approximate surface area is 98.5 Å². The summed E-state index contributed by atoms with van der Waals surface area (Å²) in [4.78, 5) is 9.99. The molecular weight excluding hydrogens is 224 g/mol. The second kappa shape index (κ2) is 6.45. The van der Waals surface area contributed by atoms with Crippen molar-refractivity contribution >= 4 is 5.69 Å². The van der Waals surface area contributed by atoms with Crippen LogP contribution in [-0.2, 0) is 4.74 Å². The quantitative estimate of drug-likeness (QED) is 0.427. The number of hydrogen-bond acceptors (Lipinski definition) is 5. The van der Waals surface area contributed by atoms with Crippen LogP contribution in [-0.4, -0.2) is 24.7 Å². The lowest BCUT2D eigenvalue weighted by atomic mass is 10.2. The summed E-state index contributed by atoms with van der Waals surface area (Å²) in [5.41, 5.74) is -0.228. The predicted octanol–water partition coefficient (Wildman–Crippen LogP) is 1.88. The average Bonchev–Trinajstić information content (AvgIpc) is 2.34. The van der Waals surface area contributed by atoms with Gasteiger partial charge >= 0.3 is 0 Å². The molecule has 0 N–H and O–H groups in total. The molecule has 0 saturated heterocycles. The number of ether oxygens (including phenoxy) is 2. The lowest BCUT2D eigenvalue weighted by Gasteiger charge is -2.06. The van der Waals surface area contributed by atoms with E-state index in [0.29, 0.717) is 25.6 Å². The van der Waals surface area contributed by atoms with Gasteiger partial charge in [-0.25, -0.2) is 0 Å². The first kappa shape index (κ1) is 12.9. The van der Waals surface area contributed by atoms with E-state index >= 15 is 0 Å². The average molecular weight is 236 g/mol. The maximum Gasteiger partial charge on any atom is 0.287 e. The zero-order chi connectivity index (χ0) is 12.7. The van der Waals surface area contributed by atoms with Gasteiger partial charge in [-0.05, 0) is 13.0 Å². The molecule has 0 aliphatic rings. The molecule has 0 amide bonds. The Morgan fingerprint density at radius 3 is 2.82 bits per heavy atom. The summed E-state index contributed by atoms with van der Waals surface area (Å²) in [6.07, 6.45) is 0. The first-order chi connectivity index (χ1) is 8.19. The normalized spacial score (nSPS) is 9.65. The highest BCUT2D eigenvalue weighted by atomic mass is 16.6. The topological polar surface area (TPSA) is 85.4 Å². The number of hydrogen-bond donors (Lipinski definition) is 0. The fourth-order valence-corrected chi connectivity index (χ4v) is 1.22. The Hall–Kier alpha value is -2.13. The van der Waals surface area contributed by atoms with Crippen LogP contribution in [0.5, 0.6) is 5.75 Å². The molecule has 0 aliphatic heterocycles. The van der Waals surface area contributed by atoms with Gasteiger partial charge in [-0.1, -0.05) is 0 Å². The van der Waals surface area contributed by atoms with E-state index in [4.69, 9.17) is 14.7 Å². The van der Waals surface area contributed by atoms with E-state index in [-0.39, 0.29) is 11.3 Å². The fraction of sp³-hybridized carbons (Fsp3) is 0.364. The summed E-state index contributed by atoms with van der Waals surface area (Å²) in [5, 5.41) is 19.4. The van der Waals surface area contributed by atoms with Crippen LogP contribution < -0.4 is 4.74 Å². The molecule has 6 heteroatoms. The molecule has 0 heterocycles. The van der Waals surface area contributed by atoms with E-state index in [2.05, 4.69) is 0 Å². The number of nitrogens with zero attached hydrogens (tertiary/aromatic N) is 2. The van der Waals surface area contributed by atoms with Crippen molar-refractivity contribution in [1.82, 2.24) is 0 Å². The number of nitro groups is 1. The number of rotatable bonds is 6. The molecule has 6 nitrogen and oxygen atoms in total. The SMILES string of the molecule is CCOCCOc1ccc([N+](=O)[O-])c(C#N)c1. The summed E-state index contributed by atoms with van der Waals surface area (Å²) < 4.78 is 10.4. The smallest absolute Gasteiger partial charge is 0.287 e. The van der Waals surface area contributed by atoms with E-state index < -0.39 is 4.92 Å². The van der Waals surface area contributed by atoms with Crippen LogP contribution in [0.2, 0.25) is 0 Å². The van der Waals surface area contributed by atoms with Gasteiger partial charge in [0, 0.05) is 18.7 Å². The molecule has 0 spiro atoms. The van der Waals surface area contributed by atoms with Crippen molar-refractivity contribution in [2.45, 2.75) is 6.92 Å². The standard InChI is InChI=1S/C11H12N2O4/c1-2-16-5-6-17-10-3-4-11(13(14)15)9(7-10)8-12/h3-4,7H,2,5-6H2,1H3. The molecule has 0 bridgehead atoms. The van der Waals surface area contributed by atoms with E-state index in [1.165, 1.54) is 18.2 Å². The minimum atomic E-state index is -0.595. The van der Waals surface area contributed by atoms with Crippen molar-refractivity contribution in [1.29, 1.82) is 5.26 Å². The number of nitriles is 1. The van der Waals surface area contributed by atoms with E-state index in [1.807, 2.05) is 6.92 Å². The van der Waals surface area contributed by atoms with Crippen LogP contribution >= 0.6 is 0 Å². The molecule has 0 atom stereocenters. The van der Waals surface area contributed by atoms with Gasteiger partial charge in [0.15, 0.2) is 0 Å². The zero-order valence-electron chi connectivity index (χ0n) is 9.38. The van der Waals surface area contributed by atoms with Crippen molar-refractivity contribution in [2.24, 2.45) is 0 Å². The molecule has 90 valence electrons. The maximum atomic E-state index is 10.6. The maximum absolute atomic E-state index is 10.6. The summed E-state index contributed by atoms with van der Waals surface area (Å²) in [7, 11) is 0. The zero-order valence-corrected chi connectivity index (χ0v) is 9.38. The third-order valence-electron chi connectivity index (χ3n) is 1.99. The van der Waals surface area contributed by atoms with Crippen LogP contribution in [0.1, 0.15) is 12.5 Å². The molecule has 0 aromatic heterocycles.